The van der Waals surface area contributed by atoms with Gasteiger partial charge in [-0.15, -0.1) is 0 Å². The van der Waals surface area contributed by atoms with E-state index in [0.29, 0.717) is 5.69 Å². The second kappa shape index (κ2) is 4.69. The molecule has 1 aromatic rings. The van der Waals surface area contributed by atoms with Gasteiger partial charge in [0.25, 0.3) is 0 Å². The van der Waals surface area contributed by atoms with Crippen molar-refractivity contribution in [2.75, 3.05) is 31.7 Å². The molecule has 0 unspecified atom stereocenters. The third-order valence-corrected chi connectivity index (χ3v) is 2.88. The van der Waals surface area contributed by atoms with E-state index >= 15 is 0 Å². The Morgan fingerprint density at radius 3 is 2.75 bits per heavy atom. The van der Waals surface area contributed by atoms with Crippen molar-refractivity contribution < 1.29 is 10.0 Å². The first-order chi connectivity index (χ1) is 7.74. The Morgan fingerprint density at radius 2 is 2.06 bits per heavy atom. The lowest BCUT2D eigenvalue weighted by Gasteiger charge is -2.26. The van der Waals surface area contributed by atoms with Crippen LogP contribution in [0.1, 0.15) is 11.1 Å². The van der Waals surface area contributed by atoms with Crippen LogP contribution < -0.4 is 11.0 Å². The maximum absolute atomic E-state index is 9.04. The largest absolute Gasteiger partial charge is 0.302 e. The Labute approximate surface area is 94.9 Å². The molecule has 0 spiro atoms. The second-order valence-corrected chi connectivity index (χ2v) is 4.07. The molecular weight excluding hydrogens is 206 g/mol. The minimum atomic E-state index is 0.644. The third-order valence-electron chi connectivity index (χ3n) is 2.88. The van der Waals surface area contributed by atoms with Crippen molar-refractivity contribution in [2.45, 2.75) is 13.0 Å². The highest BCUT2D eigenvalue weighted by Gasteiger charge is 2.16. The van der Waals surface area contributed by atoms with Gasteiger partial charge in [0.1, 0.15) is 0 Å². The SMILES string of the molecule is CONc1cc2c(cc1NO)CCN(C)C2. The van der Waals surface area contributed by atoms with E-state index in [0.717, 1.165) is 25.2 Å². The summed E-state index contributed by atoms with van der Waals surface area (Å²) in [5.74, 6) is 0. The third kappa shape index (κ3) is 2.11. The van der Waals surface area contributed by atoms with Crippen LogP contribution in [0.5, 0.6) is 0 Å². The summed E-state index contributed by atoms with van der Waals surface area (Å²) in [4.78, 5) is 7.14. The van der Waals surface area contributed by atoms with Crippen LogP contribution in [0.4, 0.5) is 11.4 Å². The number of anilines is 2. The summed E-state index contributed by atoms with van der Waals surface area (Å²) in [6.07, 6.45) is 1.01. The molecule has 16 heavy (non-hydrogen) atoms. The molecular formula is C11H17N3O2. The zero-order chi connectivity index (χ0) is 11.5. The Kier molecular flexibility index (Phi) is 3.28. The van der Waals surface area contributed by atoms with Crippen LogP contribution in [-0.2, 0) is 17.8 Å². The number of likely N-dealkylation sites (N-methyl/N-ethyl adjacent to an activating group) is 1. The minimum Gasteiger partial charge on any atom is -0.302 e. The van der Waals surface area contributed by atoms with Gasteiger partial charge < -0.3 is 4.90 Å². The summed E-state index contributed by atoms with van der Waals surface area (Å²) in [7, 11) is 3.65. The fourth-order valence-electron chi connectivity index (χ4n) is 2.04. The van der Waals surface area contributed by atoms with Gasteiger partial charge in [-0.05, 0) is 36.7 Å². The van der Waals surface area contributed by atoms with E-state index in [1.807, 2.05) is 12.1 Å². The molecule has 0 fully saturated rings. The predicted octanol–water partition coefficient (Wildman–Crippen LogP) is 1.45. The van der Waals surface area contributed by atoms with Gasteiger partial charge in [-0.2, -0.15) is 0 Å². The quantitative estimate of drug-likeness (QED) is 0.677. The maximum Gasteiger partial charge on any atom is 0.0862 e. The molecule has 1 aromatic carbocycles. The minimum absolute atomic E-state index is 0.644. The number of nitrogens with one attached hydrogen (secondary N) is 2. The molecule has 1 aliphatic heterocycles. The normalized spacial score (nSPS) is 15.7. The Hall–Kier alpha value is -1.30. The number of rotatable bonds is 3. The van der Waals surface area contributed by atoms with Crippen molar-refractivity contribution in [2.24, 2.45) is 0 Å². The molecule has 0 saturated carbocycles. The van der Waals surface area contributed by atoms with E-state index in [-0.39, 0.29) is 0 Å². The van der Waals surface area contributed by atoms with Crippen LogP contribution in [0.3, 0.4) is 0 Å². The summed E-state index contributed by atoms with van der Waals surface area (Å²) in [6.45, 7) is 1.98. The number of nitrogens with zero attached hydrogens (tertiary/aromatic N) is 1. The van der Waals surface area contributed by atoms with Gasteiger partial charge in [0, 0.05) is 13.1 Å². The monoisotopic (exact) mass is 223 g/mol. The average molecular weight is 223 g/mol. The summed E-state index contributed by atoms with van der Waals surface area (Å²) in [6, 6.07) is 3.97. The number of fused-ring (bicyclic) bond motifs is 1. The molecule has 0 aromatic heterocycles. The van der Waals surface area contributed by atoms with Crippen LogP contribution >= 0.6 is 0 Å². The molecule has 1 aliphatic rings. The van der Waals surface area contributed by atoms with Gasteiger partial charge in [-0.3, -0.25) is 21.0 Å². The molecule has 2 rings (SSSR count). The van der Waals surface area contributed by atoms with E-state index in [9.17, 15) is 0 Å². The topological polar surface area (TPSA) is 56.8 Å². The first-order valence-electron chi connectivity index (χ1n) is 5.28. The van der Waals surface area contributed by atoms with Crippen LogP contribution in [0.2, 0.25) is 0 Å². The molecule has 0 aliphatic carbocycles. The molecule has 5 heteroatoms. The van der Waals surface area contributed by atoms with Crippen molar-refractivity contribution in [3.05, 3.63) is 23.3 Å². The molecule has 88 valence electrons. The van der Waals surface area contributed by atoms with Crippen molar-refractivity contribution in [3.63, 3.8) is 0 Å². The lowest BCUT2D eigenvalue weighted by Crippen LogP contribution is -2.26. The zero-order valence-electron chi connectivity index (χ0n) is 9.58. The van der Waals surface area contributed by atoms with Crippen molar-refractivity contribution in [3.8, 4) is 0 Å². The molecule has 0 saturated heterocycles. The van der Waals surface area contributed by atoms with Gasteiger partial charge >= 0.3 is 0 Å². The number of hydrogen-bond donors (Lipinski definition) is 3. The summed E-state index contributed by atoms with van der Waals surface area (Å²) in [5, 5.41) is 9.04. The summed E-state index contributed by atoms with van der Waals surface area (Å²) >= 11 is 0. The van der Waals surface area contributed by atoms with Crippen LogP contribution in [0.15, 0.2) is 12.1 Å². The molecule has 0 amide bonds. The van der Waals surface area contributed by atoms with Crippen LogP contribution in [0.25, 0.3) is 0 Å². The Bertz CT molecular complexity index is 370. The molecule has 1 heterocycles. The average Bonchev–Trinajstić information content (AvgIpc) is 2.28. The number of hydrogen-bond acceptors (Lipinski definition) is 5. The van der Waals surface area contributed by atoms with Crippen molar-refractivity contribution in [1.29, 1.82) is 0 Å². The van der Waals surface area contributed by atoms with Gasteiger partial charge in [0.2, 0.25) is 0 Å². The lowest BCUT2D eigenvalue weighted by atomic mass is 9.98. The lowest BCUT2D eigenvalue weighted by molar-refractivity contribution is 0.270. The molecule has 0 bridgehead atoms. The van der Waals surface area contributed by atoms with E-state index in [1.54, 1.807) is 7.11 Å². The fourth-order valence-corrected chi connectivity index (χ4v) is 2.04. The Balaban J connectivity index is 2.36. The van der Waals surface area contributed by atoms with Crippen molar-refractivity contribution >= 4 is 11.4 Å². The highest BCUT2D eigenvalue weighted by atomic mass is 16.6. The number of benzene rings is 1. The molecule has 0 radical (unpaired) electrons. The van der Waals surface area contributed by atoms with E-state index in [4.69, 9.17) is 10.0 Å². The zero-order valence-corrected chi connectivity index (χ0v) is 9.58. The van der Waals surface area contributed by atoms with Gasteiger partial charge in [-0.1, -0.05) is 0 Å². The smallest absolute Gasteiger partial charge is 0.0862 e. The van der Waals surface area contributed by atoms with E-state index < -0.39 is 0 Å². The second-order valence-electron chi connectivity index (χ2n) is 4.07. The van der Waals surface area contributed by atoms with Crippen LogP contribution in [0, 0.1) is 0 Å². The highest BCUT2D eigenvalue weighted by molar-refractivity contribution is 5.69. The molecule has 0 atom stereocenters. The van der Waals surface area contributed by atoms with Crippen molar-refractivity contribution in [1.82, 2.24) is 4.90 Å². The maximum atomic E-state index is 9.04. The highest BCUT2D eigenvalue weighted by Crippen LogP contribution is 2.29. The van der Waals surface area contributed by atoms with E-state index in [2.05, 4.69) is 22.9 Å². The Morgan fingerprint density at radius 1 is 1.31 bits per heavy atom. The summed E-state index contributed by atoms with van der Waals surface area (Å²) < 4.78 is 0. The fraction of sp³-hybridized carbons (Fsp3) is 0.455. The predicted molar refractivity (Wildman–Crippen MR) is 62.5 cm³/mol. The van der Waals surface area contributed by atoms with Gasteiger partial charge in [0.15, 0.2) is 0 Å². The molecule has 5 nitrogen and oxygen atoms in total. The van der Waals surface area contributed by atoms with Gasteiger partial charge in [0.05, 0.1) is 18.5 Å². The van der Waals surface area contributed by atoms with E-state index in [1.165, 1.54) is 11.1 Å². The van der Waals surface area contributed by atoms with Crippen LogP contribution in [-0.4, -0.2) is 30.8 Å². The van der Waals surface area contributed by atoms with Gasteiger partial charge in [-0.25, -0.2) is 0 Å². The summed E-state index contributed by atoms with van der Waals surface area (Å²) in [5.41, 5.74) is 8.87. The first-order valence-corrected chi connectivity index (χ1v) is 5.28. The standard InChI is InChI=1S/C11H17N3O2/c1-14-4-3-8-5-10(12-15)11(13-16-2)6-9(8)7-14/h5-6,12-13,15H,3-4,7H2,1-2H3. The first kappa shape index (κ1) is 11.2. The molecule has 3 N–H and O–H groups in total.